The van der Waals surface area contributed by atoms with Crippen LogP contribution in [0.15, 0.2) is 97.1 Å². The van der Waals surface area contributed by atoms with Crippen molar-refractivity contribution in [3.05, 3.63) is 113 Å². The highest BCUT2D eigenvalue weighted by Gasteiger charge is 2.33. The molecular weight excluding hydrogens is 531 g/mol. The molecule has 1 atom stereocenters. The van der Waals surface area contributed by atoms with Gasteiger partial charge < -0.3 is 26.5 Å². The third-order valence-corrected chi connectivity index (χ3v) is 7.03. The van der Waals surface area contributed by atoms with E-state index in [0.717, 1.165) is 38.8 Å². The Balaban J connectivity index is 0.000000163. The first-order chi connectivity index (χ1) is 18.6. The number of anilines is 1. The Hall–Kier alpha value is -4.23. The fraction of sp³-hybridized carbons (Fsp3) is 0.0645. The summed E-state index contributed by atoms with van der Waals surface area (Å²) in [6.07, 6.45) is 0. The molecule has 2 heterocycles. The normalized spacial score (nSPS) is 12.6. The molecule has 6 nitrogen and oxygen atoms in total. The molecule has 0 radical (unpaired) electrons. The SMILES string of the molecule is CC(N)(C(=O)O)c1cc(Cl)cc2cc(-c3ccccc3)[nH]c12.Nc1cc(Cl)cc2cc(-c3ccccc3)[nH]c12. The van der Waals surface area contributed by atoms with E-state index in [0.29, 0.717) is 26.8 Å². The van der Waals surface area contributed by atoms with Crippen LogP contribution in [0.5, 0.6) is 0 Å². The van der Waals surface area contributed by atoms with Crippen molar-refractivity contribution in [1.82, 2.24) is 9.97 Å². The number of hydrogen-bond donors (Lipinski definition) is 5. The smallest absolute Gasteiger partial charge is 0.328 e. The van der Waals surface area contributed by atoms with Gasteiger partial charge in [0, 0.05) is 37.8 Å². The molecule has 0 aliphatic heterocycles. The van der Waals surface area contributed by atoms with Crippen LogP contribution < -0.4 is 11.5 Å². The van der Waals surface area contributed by atoms with E-state index < -0.39 is 11.5 Å². The maximum Gasteiger partial charge on any atom is 0.328 e. The van der Waals surface area contributed by atoms with Crippen molar-refractivity contribution in [2.75, 3.05) is 5.73 Å². The minimum absolute atomic E-state index is 0.457. The van der Waals surface area contributed by atoms with Gasteiger partial charge in [0.1, 0.15) is 5.54 Å². The Morgan fingerprint density at radius 2 is 1.21 bits per heavy atom. The molecule has 8 heteroatoms. The van der Waals surface area contributed by atoms with Crippen molar-refractivity contribution in [1.29, 1.82) is 0 Å². The third-order valence-electron chi connectivity index (χ3n) is 6.59. The van der Waals surface area contributed by atoms with E-state index in [1.54, 1.807) is 18.2 Å². The van der Waals surface area contributed by atoms with Crippen LogP contribution in [0.3, 0.4) is 0 Å². The summed E-state index contributed by atoms with van der Waals surface area (Å²) in [7, 11) is 0. The summed E-state index contributed by atoms with van der Waals surface area (Å²) in [5, 5.41) is 12.4. The molecule has 1 unspecified atom stereocenters. The van der Waals surface area contributed by atoms with Gasteiger partial charge >= 0.3 is 5.97 Å². The number of carboxylic acids is 1. The molecule has 0 spiro atoms. The summed E-state index contributed by atoms with van der Waals surface area (Å²) in [4.78, 5) is 18.1. The molecule has 0 aliphatic carbocycles. The monoisotopic (exact) mass is 556 g/mol. The Kier molecular flexibility index (Phi) is 7.10. The van der Waals surface area contributed by atoms with Crippen LogP contribution in [-0.4, -0.2) is 21.0 Å². The molecule has 0 amide bonds. The fourth-order valence-electron chi connectivity index (χ4n) is 4.51. The van der Waals surface area contributed by atoms with Crippen LogP contribution in [0.1, 0.15) is 12.5 Å². The number of hydrogen-bond acceptors (Lipinski definition) is 3. The summed E-state index contributed by atoms with van der Waals surface area (Å²) in [5.41, 5.74) is 17.2. The second kappa shape index (κ2) is 10.5. The van der Waals surface area contributed by atoms with Gasteiger partial charge in [0.25, 0.3) is 0 Å². The first-order valence-electron chi connectivity index (χ1n) is 12.2. The van der Waals surface area contributed by atoms with Crippen LogP contribution in [0.2, 0.25) is 10.0 Å². The average molecular weight is 557 g/mol. The maximum atomic E-state index is 11.5. The molecule has 0 fully saturated rings. The summed E-state index contributed by atoms with van der Waals surface area (Å²) >= 11 is 12.1. The highest BCUT2D eigenvalue weighted by molar-refractivity contribution is 6.32. The number of nitrogens with one attached hydrogen (secondary N) is 2. The average Bonchev–Trinajstić information content (AvgIpc) is 3.54. The van der Waals surface area contributed by atoms with E-state index in [1.807, 2.05) is 60.7 Å². The van der Waals surface area contributed by atoms with E-state index in [1.165, 1.54) is 6.92 Å². The lowest BCUT2D eigenvalue weighted by atomic mass is 9.92. The quantitative estimate of drug-likeness (QED) is 0.142. The number of aliphatic carboxylic acids is 1. The van der Waals surface area contributed by atoms with E-state index in [2.05, 4.69) is 28.2 Å². The number of rotatable bonds is 4. The van der Waals surface area contributed by atoms with Crippen LogP contribution in [0.4, 0.5) is 5.69 Å². The molecule has 2 aromatic heterocycles. The van der Waals surface area contributed by atoms with E-state index in [9.17, 15) is 9.90 Å². The largest absolute Gasteiger partial charge is 0.480 e. The van der Waals surface area contributed by atoms with Crippen LogP contribution in [0, 0.1) is 0 Å². The van der Waals surface area contributed by atoms with Crippen molar-refractivity contribution in [2.24, 2.45) is 5.73 Å². The zero-order valence-electron chi connectivity index (χ0n) is 21.0. The molecule has 0 saturated heterocycles. The fourth-order valence-corrected chi connectivity index (χ4v) is 4.97. The molecule has 39 heavy (non-hydrogen) atoms. The summed E-state index contributed by atoms with van der Waals surface area (Å²) < 4.78 is 0. The van der Waals surface area contributed by atoms with Crippen LogP contribution in [0.25, 0.3) is 44.3 Å². The number of benzene rings is 4. The molecule has 196 valence electrons. The highest BCUT2D eigenvalue weighted by atomic mass is 35.5. The molecular formula is C31H26Cl2N4O2. The van der Waals surface area contributed by atoms with Gasteiger partial charge in [-0.1, -0.05) is 83.9 Å². The Morgan fingerprint density at radius 3 is 1.72 bits per heavy atom. The zero-order valence-corrected chi connectivity index (χ0v) is 22.5. The third kappa shape index (κ3) is 5.36. The minimum Gasteiger partial charge on any atom is -0.480 e. The standard InChI is InChI=1S/C17H15ClN2O2.C14H11ClN2/c1-17(19,16(21)22)13-9-12(18)7-11-8-14(20-15(11)13)10-5-3-2-4-6-10;15-11-6-10-7-13(9-4-2-1-3-5-9)17-14(10)12(16)8-11/h2-9,20H,19H2,1H3,(H,21,22);1-8,17H,16H2. The molecule has 0 aliphatic rings. The lowest BCUT2D eigenvalue weighted by Crippen LogP contribution is -2.41. The minimum atomic E-state index is -1.53. The number of carboxylic acid groups (broad SMARTS) is 1. The van der Waals surface area contributed by atoms with Crippen LogP contribution >= 0.6 is 23.2 Å². The number of H-pyrrole nitrogens is 2. The van der Waals surface area contributed by atoms with Gasteiger partial charge in [-0.05, 0) is 54.4 Å². The first-order valence-corrected chi connectivity index (χ1v) is 12.9. The molecule has 0 saturated carbocycles. The lowest BCUT2D eigenvalue weighted by Gasteiger charge is -2.20. The maximum absolute atomic E-state index is 11.5. The van der Waals surface area contributed by atoms with Gasteiger partial charge in [0.05, 0.1) is 16.7 Å². The Labute approximate surface area is 235 Å². The van der Waals surface area contributed by atoms with Crippen molar-refractivity contribution in [3.8, 4) is 22.5 Å². The lowest BCUT2D eigenvalue weighted by molar-refractivity contribution is -0.142. The number of carbonyl (C=O) groups is 1. The first kappa shape index (κ1) is 26.4. The summed E-state index contributed by atoms with van der Waals surface area (Å²) in [6, 6.07) is 31.0. The Bertz CT molecular complexity index is 1790. The van der Waals surface area contributed by atoms with Crippen molar-refractivity contribution in [2.45, 2.75) is 12.5 Å². The van der Waals surface area contributed by atoms with Gasteiger partial charge in [0.2, 0.25) is 0 Å². The number of aromatic amines is 2. The number of aromatic nitrogens is 2. The van der Waals surface area contributed by atoms with Gasteiger partial charge in [-0.25, -0.2) is 4.79 Å². The number of nitrogens with two attached hydrogens (primary N) is 2. The number of fused-ring (bicyclic) bond motifs is 2. The van der Waals surface area contributed by atoms with Crippen molar-refractivity contribution >= 4 is 56.7 Å². The van der Waals surface area contributed by atoms with E-state index in [-0.39, 0.29) is 0 Å². The summed E-state index contributed by atoms with van der Waals surface area (Å²) in [6.45, 7) is 1.46. The predicted molar refractivity (Wildman–Crippen MR) is 161 cm³/mol. The van der Waals surface area contributed by atoms with Gasteiger partial charge in [-0.3, -0.25) is 0 Å². The molecule has 0 bridgehead atoms. The topological polar surface area (TPSA) is 121 Å². The van der Waals surface area contributed by atoms with E-state index in [4.69, 9.17) is 34.7 Å². The van der Waals surface area contributed by atoms with Crippen molar-refractivity contribution < 1.29 is 9.90 Å². The molecule has 7 N–H and O–H groups in total. The zero-order chi connectivity index (χ0) is 27.7. The Morgan fingerprint density at radius 1 is 0.744 bits per heavy atom. The van der Waals surface area contributed by atoms with Gasteiger partial charge in [-0.15, -0.1) is 0 Å². The van der Waals surface area contributed by atoms with Crippen molar-refractivity contribution in [3.63, 3.8) is 0 Å². The van der Waals surface area contributed by atoms with Gasteiger partial charge in [0.15, 0.2) is 0 Å². The number of nitrogen functional groups attached to an aromatic ring is 1. The predicted octanol–water partition coefficient (Wildman–Crippen LogP) is 7.82. The highest BCUT2D eigenvalue weighted by Crippen LogP contribution is 2.34. The van der Waals surface area contributed by atoms with Crippen LogP contribution in [-0.2, 0) is 10.3 Å². The summed E-state index contributed by atoms with van der Waals surface area (Å²) in [5.74, 6) is -1.10. The van der Waals surface area contributed by atoms with Gasteiger partial charge in [-0.2, -0.15) is 0 Å². The molecule has 6 aromatic rings. The van der Waals surface area contributed by atoms with E-state index >= 15 is 0 Å². The number of halogens is 2. The second-order valence-electron chi connectivity index (χ2n) is 9.48. The second-order valence-corrected chi connectivity index (χ2v) is 10.4. The molecule has 6 rings (SSSR count). The molecule has 4 aromatic carbocycles.